The average molecular weight is 441 g/mol. The zero-order chi connectivity index (χ0) is 22.2. The molecule has 0 atom stereocenters. The molecule has 0 aliphatic carbocycles. The fourth-order valence-corrected chi connectivity index (χ4v) is 4.50. The molecule has 0 aliphatic heterocycles. The second-order valence-corrected chi connectivity index (χ2v) is 8.12. The lowest BCUT2D eigenvalue weighted by Gasteiger charge is -2.13. The second kappa shape index (κ2) is 7.86. The normalized spacial score (nSPS) is 11.2. The Balaban J connectivity index is 1.76. The van der Waals surface area contributed by atoms with E-state index < -0.39 is 4.92 Å². The van der Waals surface area contributed by atoms with Gasteiger partial charge in [0.05, 0.1) is 21.2 Å². The van der Waals surface area contributed by atoms with Crippen LogP contribution in [0.4, 0.5) is 5.69 Å². The van der Waals surface area contributed by atoms with E-state index >= 15 is 0 Å². The second-order valence-electron chi connectivity index (χ2n) is 7.11. The van der Waals surface area contributed by atoms with Crippen LogP contribution in [0.2, 0.25) is 0 Å². The molecule has 5 aromatic rings. The van der Waals surface area contributed by atoms with E-state index in [0.29, 0.717) is 32.6 Å². The number of non-ortho nitro benzene ring substituents is 1. The molecule has 0 saturated carbocycles. The molecule has 0 amide bonds. The summed E-state index contributed by atoms with van der Waals surface area (Å²) in [5.41, 5.74) is 1.28. The van der Waals surface area contributed by atoms with E-state index in [1.165, 1.54) is 28.6 Å². The first-order valence-corrected chi connectivity index (χ1v) is 10.5. The Morgan fingerprint density at radius 2 is 1.81 bits per heavy atom. The lowest BCUT2D eigenvalue weighted by atomic mass is 10.1. The van der Waals surface area contributed by atoms with Crippen molar-refractivity contribution in [1.29, 1.82) is 0 Å². The summed E-state index contributed by atoms with van der Waals surface area (Å²) in [6.07, 6.45) is 4.75. The number of hydrogen-bond donors (Lipinski definition) is 0. The van der Waals surface area contributed by atoms with E-state index in [4.69, 9.17) is 4.98 Å². The Kier molecular flexibility index (Phi) is 4.87. The predicted molar refractivity (Wildman–Crippen MR) is 122 cm³/mol. The summed E-state index contributed by atoms with van der Waals surface area (Å²) in [7, 11) is 0. The highest BCUT2D eigenvalue weighted by Gasteiger charge is 2.19. The zero-order valence-electron chi connectivity index (χ0n) is 16.8. The van der Waals surface area contributed by atoms with Crippen molar-refractivity contribution in [3.63, 3.8) is 0 Å². The molecule has 0 bridgehead atoms. The Hall–Kier alpha value is -4.11. The summed E-state index contributed by atoms with van der Waals surface area (Å²) in [6.45, 7) is 1.92. The summed E-state index contributed by atoms with van der Waals surface area (Å²) in [6, 6.07) is 15.6. The molecule has 0 N–H and O–H groups in total. The summed E-state index contributed by atoms with van der Waals surface area (Å²) >= 11 is 1.25. The van der Waals surface area contributed by atoms with Crippen LogP contribution in [0, 0.1) is 17.0 Å². The van der Waals surface area contributed by atoms with Gasteiger partial charge in [-0.3, -0.25) is 19.9 Å². The summed E-state index contributed by atoms with van der Waals surface area (Å²) in [5.74, 6) is 0.453. The molecule has 2 aromatic carbocycles. The molecule has 5 rings (SSSR count). The minimum Gasteiger partial charge on any atom is -0.268 e. The van der Waals surface area contributed by atoms with Crippen LogP contribution in [0.1, 0.15) is 5.56 Å². The highest BCUT2D eigenvalue weighted by atomic mass is 32.2. The molecule has 3 aromatic heterocycles. The molecule has 0 saturated heterocycles. The lowest BCUT2D eigenvalue weighted by Crippen LogP contribution is -2.22. The Bertz CT molecular complexity index is 1560. The molecular weight excluding hydrogens is 426 g/mol. The molecule has 0 unspecified atom stereocenters. The van der Waals surface area contributed by atoms with Gasteiger partial charge < -0.3 is 0 Å². The number of aromatic nitrogens is 4. The summed E-state index contributed by atoms with van der Waals surface area (Å²) < 4.78 is 1.47. The van der Waals surface area contributed by atoms with Crippen molar-refractivity contribution in [2.75, 3.05) is 0 Å². The van der Waals surface area contributed by atoms with Crippen LogP contribution in [0.25, 0.3) is 27.5 Å². The SMILES string of the molecule is Cc1ccc(-n2c(Sc3ccc([N+](=O)[O-])c4cnccc34)nc3ccccc3c2=O)nc1. The van der Waals surface area contributed by atoms with Gasteiger partial charge in [-0.25, -0.2) is 14.5 Å². The number of para-hydroxylation sites is 1. The maximum absolute atomic E-state index is 13.4. The van der Waals surface area contributed by atoms with Gasteiger partial charge in [0.2, 0.25) is 0 Å². The number of nitrogens with zero attached hydrogens (tertiary/aromatic N) is 5. The van der Waals surface area contributed by atoms with Crippen LogP contribution in [0.5, 0.6) is 0 Å². The number of rotatable bonds is 4. The minimum absolute atomic E-state index is 0.0264. The van der Waals surface area contributed by atoms with E-state index in [0.717, 1.165) is 10.5 Å². The van der Waals surface area contributed by atoms with Gasteiger partial charge in [-0.2, -0.15) is 0 Å². The van der Waals surface area contributed by atoms with Gasteiger partial charge >= 0.3 is 0 Å². The van der Waals surface area contributed by atoms with E-state index in [-0.39, 0.29) is 11.2 Å². The first kappa shape index (κ1) is 19.8. The van der Waals surface area contributed by atoms with Crippen molar-refractivity contribution in [1.82, 2.24) is 19.5 Å². The molecule has 0 aliphatic rings. The van der Waals surface area contributed by atoms with Crippen LogP contribution in [-0.4, -0.2) is 24.4 Å². The van der Waals surface area contributed by atoms with E-state index in [2.05, 4.69) is 9.97 Å². The molecule has 0 spiro atoms. The molecule has 3 heterocycles. The Morgan fingerprint density at radius 3 is 2.59 bits per heavy atom. The van der Waals surface area contributed by atoms with Crippen molar-refractivity contribution in [2.45, 2.75) is 17.0 Å². The first-order valence-electron chi connectivity index (χ1n) is 9.67. The maximum Gasteiger partial charge on any atom is 0.278 e. The van der Waals surface area contributed by atoms with Gasteiger partial charge in [-0.1, -0.05) is 30.0 Å². The van der Waals surface area contributed by atoms with Crippen LogP contribution in [-0.2, 0) is 0 Å². The number of pyridine rings is 2. The van der Waals surface area contributed by atoms with E-state index in [1.807, 2.05) is 19.1 Å². The van der Waals surface area contributed by atoms with Crippen molar-refractivity contribution in [2.24, 2.45) is 0 Å². The average Bonchev–Trinajstić information content (AvgIpc) is 2.80. The third-order valence-corrected chi connectivity index (χ3v) is 6.06. The van der Waals surface area contributed by atoms with Gasteiger partial charge in [0.25, 0.3) is 11.2 Å². The summed E-state index contributed by atoms with van der Waals surface area (Å²) in [5, 5.41) is 13.4. The highest BCUT2D eigenvalue weighted by Crippen LogP contribution is 2.36. The fourth-order valence-electron chi connectivity index (χ4n) is 3.47. The fraction of sp³-hybridized carbons (Fsp3) is 0.0435. The molecule has 0 fully saturated rings. The zero-order valence-corrected chi connectivity index (χ0v) is 17.6. The molecule has 0 radical (unpaired) electrons. The first-order chi connectivity index (χ1) is 15.5. The van der Waals surface area contributed by atoms with Gasteiger partial charge in [-0.05, 0) is 42.8 Å². The number of hydrogen-bond acceptors (Lipinski definition) is 7. The Labute approximate surface area is 185 Å². The molecule has 32 heavy (non-hydrogen) atoms. The largest absolute Gasteiger partial charge is 0.278 e. The maximum atomic E-state index is 13.4. The third kappa shape index (κ3) is 3.38. The van der Waals surface area contributed by atoms with Gasteiger partial charge in [-0.15, -0.1) is 0 Å². The smallest absolute Gasteiger partial charge is 0.268 e. The number of nitro benzene ring substituents is 1. The predicted octanol–water partition coefficient (Wildman–Crippen LogP) is 4.70. The molecular formula is C23H15N5O3S. The highest BCUT2D eigenvalue weighted by molar-refractivity contribution is 7.99. The minimum atomic E-state index is -0.432. The Morgan fingerprint density at radius 1 is 0.969 bits per heavy atom. The van der Waals surface area contributed by atoms with Crippen LogP contribution in [0.15, 0.2) is 88.0 Å². The molecule has 8 nitrogen and oxygen atoms in total. The number of benzene rings is 2. The van der Waals surface area contributed by atoms with Gasteiger partial charge in [0.15, 0.2) is 5.16 Å². The van der Waals surface area contributed by atoms with Crippen LogP contribution < -0.4 is 5.56 Å². The van der Waals surface area contributed by atoms with Gasteiger partial charge in [0.1, 0.15) is 5.82 Å². The standard InChI is InChI=1S/C23H15N5O3S/c1-14-6-9-21(25-12-14)27-22(29)16-4-2-3-5-18(16)26-23(27)32-20-8-7-19(28(30)31)17-13-24-11-10-15(17)20/h2-13H,1H3. The number of aryl methyl sites for hydroxylation is 1. The quantitative estimate of drug-likeness (QED) is 0.226. The summed E-state index contributed by atoms with van der Waals surface area (Å²) in [4.78, 5) is 38.3. The van der Waals surface area contributed by atoms with E-state index in [9.17, 15) is 14.9 Å². The number of nitro groups is 1. The van der Waals surface area contributed by atoms with E-state index in [1.54, 1.807) is 48.8 Å². The molecule has 9 heteroatoms. The van der Waals surface area contributed by atoms with Gasteiger partial charge in [0, 0.05) is 34.9 Å². The molecule has 156 valence electrons. The van der Waals surface area contributed by atoms with Crippen LogP contribution >= 0.6 is 11.8 Å². The van der Waals surface area contributed by atoms with Crippen molar-refractivity contribution in [3.8, 4) is 5.82 Å². The van der Waals surface area contributed by atoms with Crippen molar-refractivity contribution < 1.29 is 4.92 Å². The third-order valence-electron chi connectivity index (χ3n) is 5.02. The lowest BCUT2D eigenvalue weighted by molar-refractivity contribution is -0.383. The van der Waals surface area contributed by atoms with Crippen molar-refractivity contribution in [3.05, 3.63) is 99.2 Å². The number of fused-ring (bicyclic) bond motifs is 2. The van der Waals surface area contributed by atoms with Crippen LogP contribution in [0.3, 0.4) is 0 Å². The monoisotopic (exact) mass is 441 g/mol. The van der Waals surface area contributed by atoms with Crippen molar-refractivity contribution >= 4 is 39.1 Å². The topological polar surface area (TPSA) is 104 Å².